The van der Waals surface area contributed by atoms with E-state index >= 15 is 0 Å². The molecule has 1 aliphatic rings. The zero-order valence-electron chi connectivity index (χ0n) is 11.4. The Morgan fingerprint density at radius 2 is 1.90 bits per heavy atom. The molecule has 21 heavy (non-hydrogen) atoms. The first-order valence-electron chi connectivity index (χ1n) is 6.85. The Hall–Kier alpha value is -1.84. The van der Waals surface area contributed by atoms with Gasteiger partial charge >= 0.3 is 0 Å². The third-order valence-electron chi connectivity index (χ3n) is 4.45. The van der Waals surface area contributed by atoms with Crippen molar-refractivity contribution >= 4 is 17.0 Å². The highest BCUT2D eigenvalue weighted by Crippen LogP contribution is 2.44. The molecule has 2 aromatic rings. The Morgan fingerprint density at radius 1 is 1.14 bits per heavy atom. The van der Waals surface area contributed by atoms with E-state index in [-0.39, 0.29) is 49.4 Å². The van der Waals surface area contributed by atoms with E-state index in [2.05, 4.69) is 20.3 Å². The molecule has 3 rings (SSSR count). The van der Waals surface area contributed by atoms with Crippen molar-refractivity contribution in [2.24, 2.45) is 17.8 Å². The topological polar surface area (TPSA) is 143 Å². The second-order valence-corrected chi connectivity index (χ2v) is 5.40. The Balaban J connectivity index is 2.03. The van der Waals surface area contributed by atoms with Crippen LogP contribution in [0.3, 0.4) is 0 Å². The fourth-order valence-electron chi connectivity index (χ4n) is 3.33. The fourth-order valence-corrected chi connectivity index (χ4v) is 3.33. The lowest BCUT2D eigenvalue weighted by atomic mass is 9.90. The van der Waals surface area contributed by atoms with E-state index in [4.69, 9.17) is 5.73 Å². The monoisotopic (exact) mass is 294 g/mol. The average Bonchev–Trinajstić information content (AvgIpc) is 3.07. The van der Waals surface area contributed by atoms with E-state index in [0.717, 1.165) is 0 Å². The maximum atomic E-state index is 9.67. The first-order valence-corrected chi connectivity index (χ1v) is 6.85. The number of hydrogen-bond donors (Lipinski definition) is 4. The summed E-state index contributed by atoms with van der Waals surface area (Å²) < 4.78 is 1.62. The summed E-state index contributed by atoms with van der Waals surface area (Å²) in [7, 11) is 0. The molecular weight excluding hydrogens is 276 g/mol. The smallest absolute Gasteiger partial charge is 0.184 e. The zero-order valence-corrected chi connectivity index (χ0v) is 11.4. The van der Waals surface area contributed by atoms with Crippen molar-refractivity contribution in [3.8, 4) is 0 Å². The van der Waals surface area contributed by atoms with Gasteiger partial charge < -0.3 is 21.1 Å². The van der Waals surface area contributed by atoms with Crippen molar-refractivity contribution in [3.63, 3.8) is 0 Å². The van der Waals surface area contributed by atoms with Crippen LogP contribution < -0.4 is 5.73 Å². The quantitative estimate of drug-likeness (QED) is 0.537. The second-order valence-electron chi connectivity index (χ2n) is 5.40. The van der Waals surface area contributed by atoms with Gasteiger partial charge in [0.05, 0.1) is 6.04 Å². The van der Waals surface area contributed by atoms with Crippen molar-refractivity contribution in [1.82, 2.24) is 25.0 Å². The minimum atomic E-state index is -0.215. The Kier molecular flexibility index (Phi) is 3.70. The van der Waals surface area contributed by atoms with Crippen LogP contribution in [0.2, 0.25) is 0 Å². The second kappa shape index (κ2) is 5.51. The lowest BCUT2D eigenvalue weighted by Gasteiger charge is -2.22. The first-order chi connectivity index (χ1) is 10.2. The molecule has 2 aromatic heterocycles. The zero-order chi connectivity index (χ0) is 15.0. The molecule has 0 bridgehead atoms. The number of aromatic nitrogens is 5. The summed E-state index contributed by atoms with van der Waals surface area (Å²) >= 11 is 0. The molecule has 0 aliphatic heterocycles. The maximum Gasteiger partial charge on any atom is 0.184 e. The summed E-state index contributed by atoms with van der Waals surface area (Å²) in [5.74, 6) is -0.227. The minimum absolute atomic E-state index is 0.0397. The summed E-state index contributed by atoms with van der Waals surface area (Å²) in [5, 5.41) is 36.7. The molecule has 0 saturated heterocycles. The summed E-state index contributed by atoms with van der Waals surface area (Å²) in [4.78, 5) is 8.03. The molecule has 0 aromatic carbocycles. The Morgan fingerprint density at radius 3 is 2.57 bits per heavy atom. The van der Waals surface area contributed by atoms with Gasteiger partial charge in [-0.1, -0.05) is 5.21 Å². The average molecular weight is 294 g/mol. The number of rotatable bonds is 4. The van der Waals surface area contributed by atoms with E-state index in [1.54, 1.807) is 4.68 Å². The van der Waals surface area contributed by atoms with Crippen LogP contribution in [-0.4, -0.2) is 60.1 Å². The van der Waals surface area contributed by atoms with Crippen molar-refractivity contribution < 1.29 is 15.3 Å². The van der Waals surface area contributed by atoms with Gasteiger partial charge in [-0.15, -0.1) is 5.10 Å². The van der Waals surface area contributed by atoms with E-state index < -0.39 is 0 Å². The summed E-state index contributed by atoms with van der Waals surface area (Å²) in [6.07, 6.45) is 1.93. The van der Waals surface area contributed by atoms with E-state index in [9.17, 15) is 15.3 Å². The first kappa shape index (κ1) is 14.1. The molecule has 0 amide bonds. The SMILES string of the molecule is Nc1ncnc2c1nnn2[C@@H]1C[C@H](CO)[C@H](CO)[C@H]1CO. The number of aliphatic hydroxyl groups is 3. The number of nitrogens with zero attached hydrogens (tertiary/aromatic N) is 5. The van der Waals surface area contributed by atoms with Crippen LogP contribution >= 0.6 is 0 Å². The fraction of sp³-hybridized carbons (Fsp3) is 0.667. The van der Waals surface area contributed by atoms with Crippen LogP contribution in [0, 0.1) is 17.8 Å². The molecule has 0 spiro atoms. The molecule has 9 heteroatoms. The highest BCUT2D eigenvalue weighted by atomic mass is 16.3. The highest BCUT2D eigenvalue weighted by Gasteiger charge is 2.44. The Bertz CT molecular complexity index is 632. The molecule has 1 fully saturated rings. The standard InChI is InChI=1S/C12H18N6O3/c13-11-10-12(15-5-14-11)18(17-16-10)9-1-6(2-19)7(3-20)8(9)4-21/h5-9,19-21H,1-4H2,(H2,13,14,15)/t6-,7+,8-,9-/m1/s1. The number of nitrogens with two attached hydrogens (primary N) is 1. The normalized spacial score (nSPS) is 29.3. The number of fused-ring (bicyclic) bond motifs is 1. The summed E-state index contributed by atoms with van der Waals surface area (Å²) in [6, 6.07) is -0.191. The molecule has 4 atom stereocenters. The number of nitrogen functional groups attached to an aromatic ring is 1. The molecule has 2 heterocycles. The molecule has 9 nitrogen and oxygen atoms in total. The highest BCUT2D eigenvalue weighted by molar-refractivity contribution is 5.80. The van der Waals surface area contributed by atoms with Crippen LogP contribution in [0.15, 0.2) is 6.33 Å². The van der Waals surface area contributed by atoms with Gasteiger partial charge in [0.2, 0.25) is 0 Å². The van der Waals surface area contributed by atoms with Crippen molar-refractivity contribution in [3.05, 3.63) is 6.33 Å². The van der Waals surface area contributed by atoms with Crippen molar-refractivity contribution in [2.45, 2.75) is 12.5 Å². The van der Waals surface area contributed by atoms with Crippen LogP contribution in [0.5, 0.6) is 0 Å². The number of anilines is 1. The predicted octanol–water partition coefficient (Wildman–Crippen LogP) is -1.43. The summed E-state index contributed by atoms with van der Waals surface area (Å²) in [5.41, 5.74) is 6.67. The van der Waals surface area contributed by atoms with Gasteiger partial charge in [-0.3, -0.25) is 0 Å². The number of hydrogen-bond acceptors (Lipinski definition) is 8. The van der Waals surface area contributed by atoms with Gasteiger partial charge in [-0.2, -0.15) is 0 Å². The third kappa shape index (κ3) is 2.13. The van der Waals surface area contributed by atoms with Crippen LogP contribution in [0.25, 0.3) is 11.2 Å². The Labute approximate surface area is 120 Å². The van der Waals surface area contributed by atoms with Gasteiger partial charge in [0.15, 0.2) is 17.0 Å². The molecule has 114 valence electrons. The van der Waals surface area contributed by atoms with Crippen LogP contribution in [0.4, 0.5) is 5.82 Å². The van der Waals surface area contributed by atoms with Gasteiger partial charge in [0.25, 0.3) is 0 Å². The lowest BCUT2D eigenvalue weighted by molar-refractivity contribution is 0.0843. The lowest BCUT2D eigenvalue weighted by Crippen LogP contribution is -2.27. The van der Waals surface area contributed by atoms with Gasteiger partial charge in [-0.25, -0.2) is 14.6 Å². The van der Waals surface area contributed by atoms with Gasteiger partial charge in [-0.05, 0) is 18.3 Å². The van der Waals surface area contributed by atoms with E-state index in [1.807, 2.05) is 0 Å². The molecule has 1 saturated carbocycles. The van der Waals surface area contributed by atoms with E-state index in [0.29, 0.717) is 17.6 Å². The summed E-state index contributed by atoms with van der Waals surface area (Å²) in [6.45, 7) is -0.229. The van der Waals surface area contributed by atoms with Crippen molar-refractivity contribution in [2.75, 3.05) is 25.6 Å². The molecule has 0 radical (unpaired) electrons. The van der Waals surface area contributed by atoms with Crippen LogP contribution in [-0.2, 0) is 0 Å². The molecule has 5 N–H and O–H groups in total. The molecular formula is C12H18N6O3. The third-order valence-corrected chi connectivity index (χ3v) is 4.45. The van der Waals surface area contributed by atoms with Crippen molar-refractivity contribution in [1.29, 1.82) is 0 Å². The predicted molar refractivity (Wildman–Crippen MR) is 72.9 cm³/mol. The maximum absolute atomic E-state index is 9.67. The van der Waals surface area contributed by atoms with Crippen LogP contribution in [0.1, 0.15) is 12.5 Å². The van der Waals surface area contributed by atoms with Gasteiger partial charge in [0.1, 0.15) is 6.33 Å². The van der Waals surface area contributed by atoms with Gasteiger partial charge in [0, 0.05) is 25.7 Å². The van der Waals surface area contributed by atoms with E-state index in [1.165, 1.54) is 6.33 Å². The molecule has 0 unspecified atom stereocenters. The molecule has 1 aliphatic carbocycles. The number of aliphatic hydroxyl groups excluding tert-OH is 3. The minimum Gasteiger partial charge on any atom is -0.396 e. The largest absolute Gasteiger partial charge is 0.396 e.